The summed E-state index contributed by atoms with van der Waals surface area (Å²) >= 11 is 0. The summed E-state index contributed by atoms with van der Waals surface area (Å²) in [5.41, 5.74) is 1.55. The van der Waals surface area contributed by atoms with Crippen molar-refractivity contribution in [3.05, 3.63) is 60.2 Å². The molecule has 0 radical (unpaired) electrons. The van der Waals surface area contributed by atoms with Gasteiger partial charge in [0.2, 0.25) is 17.7 Å². The van der Waals surface area contributed by atoms with Crippen LogP contribution in [0.25, 0.3) is 0 Å². The van der Waals surface area contributed by atoms with E-state index in [0.29, 0.717) is 57.4 Å². The van der Waals surface area contributed by atoms with Gasteiger partial charge in [-0.15, -0.1) is 0 Å². The van der Waals surface area contributed by atoms with Crippen LogP contribution in [0.2, 0.25) is 0 Å². The molecule has 5 atom stereocenters. The van der Waals surface area contributed by atoms with E-state index in [9.17, 15) is 29.4 Å². The number of phenolic OH excluding ortho intramolecular Hbond substituents is 1. The van der Waals surface area contributed by atoms with Crippen molar-refractivity contribution in [2.45, 2.75) is 83.0 Å². The Balaban J connectivity index is 1.32. The van der Waals surface area contributed by atoms with Gasteiger partial charge < -0.3 is 36.8 Å². The fraction of sp³-hybridized carbons (Fsp3) is 0.543. The molecule has 7 N–H and O–H groups in total. The van der Waals surface area contributed by atoms with E-state index in [0.717, 1.165) is 25.1 Å². The Morgan fingerprint density at radius 2 is 1.64 bits per heavy atom. The van der Waals surface area contributed by atoms with Gasteiger partial charge in [0.25, 0.3) is 0 Å². The zero-order valence-electron chi connectivity index (χ0n) is 27.2. The zero-order chi connectivity index (χ0) is 33.6. The maximum Gasteiger partial charge on any atom is 0.319 e. The number of carbonyl (C=O) groups excluding carboxylic acids is 4. The van der Waals surface area contributed by atoms with Crippen LogP contribution in [0.15, 0.2) is 54.6 Å². The van der Waals surface area contributed by atoms with Gasteiger partial charge in [-0.3, -0.25) is 19.3 Å². The van der Waals surface area contributed by atoms with Crippen molar-refractivity contribution in [1.82, 2.24) is 26.2 Å². The van der Waals surface area contributed by atoms with E-state index in [1.807, 2.05) is 30.3 Å². The monoisotopic (exact) mass is 650 g/mol. The van der Waals surface area contributed by atoms with Crippen LogP contribution in [-0.4, -0.2) is 83.2 Å². The minimum Gasteiger partial charge on any atom is -0.508 e. The van der Waals surface area contributed by atoms with Crippen LogP contribution in [0, 0.1) is 11.8 Å². The third-order valence-corrected chi connectivity index (χ3v) is 9.10. The number of benzene rings is 2. The van der Waals surface area contributed by atoms with E-state index >= 15 is 0 Å². The highest BCUT2D eigenvalue weighted by atomic mass is 16.3. The van der Waals surface area contributed by atoms with Gasteiger partial charge in [0.1, 0.15) is 5.75 Å². The summed E-state index contributed by atoms with van der Waals surface area (Å²) in [5, 5.41) is 35.4. The zero-order valence-corrected chi connectivity index (χ0v) is 27.2. The van der Waals surface area contributed by atoms with E-state index in [1.165, 1.54) is 0 Å². The highest BCUT2D eigenvalue weighted by molar-refractivity contribution is 5.89. The summed E-state index contributed by atoms with van der Waals surface area (Å²) in [6.07, 6.45) is 2.45. The van der Waals surface area contributed by atoms with Gasteiger partial charge in [0.15, 0.2) is 0 Å². The number of aliphatic hydroxyl groups is 1. The first-order valence-corrected chi connectivity index (χ1v) is 16.8. The molecule has 12 nitrogen and oxygen atoms in total. The number of hydrogen-bond acceptors (Lipinski definition) is 7. The van der Waals surface area contributed by atoms with E-state index in [1.54, 1.807) is 31.2 Å². The van der Waals surface area contributed by atoms with E-state index in [4.69, 9.17) is 0 Å². The fourth-order valence-electron chi connectivity index (χ4n) is 6.41. The number of para-hydroxylation sites is 2. The summed E-state index contributed by atoms with van der Waals surface area (Å²) in [6.45, 7) is 4.69. The summed E-state index contributed by atoms with van der Waals surface area (Å²) in [6, 6.07) is 15.1. The van der Waals surface area contributed by atoms with Crippen molar-refractivity contribution in [1.29, 1.82) is 0 Å². The molecule has 5 amide bonds. The quantitative estimate of drug-likeness (QED) is 0.215. The van der Waals surface area contributed by atoms with Crippen molar-refractivity contribution in [2.75, 3.05) is 31.5 Å². The lowest BCUT2D eigenvalue weighted by atomic mass is 9.80. The van der Waals surface area contributed by atoms with Crippen LogP contribution in [0.1, 0.15) is 63.9 Å². The van der Waals surface area contributed by atoms with E-state index in [2.05, 4.69) is 31.5 Å². The summed E-state index contributed by atoms with van der Waals surface area (Å²) < 4.78 is 0. The first-order chi connectivity index (χ1) is 22.7. The van der Waals surface area contributed by atoms with Crippen LogP contribution in [0.3, 0.4) is 0 Å². The Bertz CT molecular complexity index is 1330. The largest absolute Gasteiger partial charge is 0.508 e. The number of nitrogens with one attached hydrogen (secondary N) is 5. The van der Waals surface area contributed by atoms with Crippen LogP contribution in [0.5, 0.6) is 5.75 Å². The molecular formula is C35H50N6O6. The summed E-state index contributed by atoms with van der Waals surface area (Å²) in [4.78, 5) is 53.4. The maximum atomic E-state index is 13.0. The van der Waals surface area contributed by atoms with Gasteiger partial charge in [-0.1, -0.05) is 36.4 Å². The smallest absolute Gasteiger partial charge is 0.319 e. The molecule has 2 aromatic carbocycles. The molecule has 2 heterocycles. The van der Waals surface area contributed by atoms with E-state index in [-0.39, 0.29) is 54.2 Å². The number of fused-ring (bicyclic) bond motifs is 1. The molecule has 2 aliphatic heterocycles. The van der Waals surface area contributed by atoms with Gasteiger partial charge >= 0.3 is 6.03 Å². The lowest BCUT2D eigenvalue weighted by Crippen LogP contribution is -2.48. The molecule has 2 fully saturated rings. The van der Waals surface area contributed by atoms with Crippen LogP contribution in [0.4, 0.5) is 10.5 Å². The summed E-state index contributed by atoms with van der Waals surface area (Å²) in [7, 11) is 0. The second-order valence-electron chi connectivity index (χ2n) is 12.9. The first-order valence-electron chi connectivity index (χ1n) is 16.8. The second-order valence-corrected chi connectivity index (χ2v) is 12.9. The molecule has 12 heteroatoms. The maximum absolute atomic E-state index is 13.0. The third kappa shape index (κ3) is 12.2. The number of amides is 5. The number of nitrogens with zero attached hydrogens (tertiary/aromatic N) is 1. The number of aromatic hydroxyl groups is 1. The third-order valence-electron chi connectivity index (χ3n) is 9.10. The number of piperidine rings is 1. The molecule has 47 heavy (non-hydrogen) atoms. The number of carbonyl (C=O) groups is 4. The first kappa shape index (κ1) is 35.7. The average Bonchev–Trinajstić information content (AvgIpc) is 3.03. The molecule has 2 saturated heterocycles. The second kappa shape index (κ2) is 18.2. The van der Waals surface area contributed by atoms with Crippen molar-refractivity contribution in [3.8, 4) is 5.75 Å². The minimum atomic E-state index is -1.08. The van der Waals surface area contributed by atoms with Crippen molar-refractivity contribution in [3.63, 3.8) is 0 Å². The molecule has 0 unspecified atom stereocenters. The van der Waals surface area contributed by atoms with Crippen LogP contribution < -0.4 is 26.6 Å². The highest BCUT2D eigenvalue weighted by Crippen LogP contribution is 2.31. The molecule has 0 aliphatic carbocycles. The molecular weight excluding hydrogens is 600 g/mol. The number of rotatable bonds is 8. The lowest BCUT2D eigenvalue weighted by molar-refractivity contribution is -0.128. The van der Waals surface area contributed by atoms with Crippen molar-refractivity contribution in [2.24, 2.45) is 11.8 Å². The van der Waals surface area contributed by atoms with Crippen LogP contribution in [-0.2, 0) is 20.9 Å². The number of unbranched alkanes of at least 4 members (excludes halogenated alkanes) is 1. The number of anilines is 1. The number of urea groups is 1. The van der Waals surface area contributed by atoms with Gasteiger partial charge in [0, 0.05) is 56.3 Å². The molecule has 0 spiro atoms. The number of phenols is 1. The normalized spacial score (nSPS) is 25.1. The molecule has 0 aromatic heterocycles. The lowest BCUT2D eigenvalue weighted by Gasteiger charge is -2.39. The topological polar surface area (TPSA) is 172 Å². The molecule has 256 valence electrons. The number of hydrogen-bond donors (Lipinski definition) is 7. The molecule has 0 bridgehead atoms. The Labute approximate surface area is 277 Å². The van der Waals surface area contributed by atoms with Crippen molar-refractivity contribution < 1.29 is 29.4 Å². The Kier molecular flexibility index (Phi) is 13.9. The SMILES string of the molecule is C[C@@H]1NC(=O)C[C@@H]2CCN(Cc3ccccc3O)C[C@@H]2CCNC(=O)C[C@H](CCCCNC(=O)Nc2ccccc2)NC(=O)C[C@@H]1O. The van der Waals surface area contributed by atoms with Gasteiger partial charge in [-0.2, -0.15) is 0 Å². The standard InChI is InChI=1S/C35H50N6O6/c1-24-31(43)21-34(46)39-29(12-7-8-16-37-35(47)40-28-10-3-2-4-11-28)20-32(44)36-17-14-26-22-41(18-15-25(26)19-33(45)38-24)23-27-9-5-6-13-30(27)42/h2-6,9-11,13,24-26,29,31,42-43H,7-8,12,14-23H2,1H3,(H,36,44)(H,38,45)(H,39,46)(H2,37,40,47)/t24-,25-,26-,29-,31-/m0/s1. The van der Waals surface area contributed by atoms with E-state index < -0.39 is 18.2 Å². The fourth-order valence-corrected chi connectivity index (χ4v) is 6.41. The predicted molar refractivity (Wildman–Crippen MR) is 179 cm³/mol. The van der Waals surface area contributed by atoms with Gasteiger partial charge in [-0.05, 0) is 75.6 Å². The van der Waals surface area contributed by atoms with Crippen molar-refractivity contribution >= 4 is 29.4 Å². The van der Waals surface area contributed by atoms with Crippen LogP contribution >= 0.6 is 0 Å². The molecule has 2 aromatic rings. The Morgan fingerprint density at radius 1 is 0.894 bits per heavy atom. The Morgan fingerprint density at radius 3 is 2.43 bits per heavy atom. The van der Waals surface area contributed by atoms with Gasteiger partial charge in [0.05, 0.1) is 18.6 Å². The van der Waals surface area contributed by atoms with Gasteiger partial charge in [-0.25, -0.2) is 4.79 Å². The molecule has 4 rings (SSSR count). The average molecular weight is 651 g/mol. The number of likely N-dealkylation sites (tertiary alicyclic amines) is 1. The number of aliphatic hydroxyl groups excluding tert-OH is 1. The molecule has 0 saturated carbocycles. The Hall–Kier alpha value is -4.16. The minimum absolute atomic E-state index is 0.101. The highest BCUT2D eigenvalue weighted by Gasteiger charge is 2.32. The molecule has 2 aliphatic rings. The summed E-state index contributed by atoms with van der Waals surface area (Å²) in [5.74, 6) is -0.215. The predicted octanol–water partition coefficient (Wildman–Crippen LogP) is 2.86.